The second-order valence-corrected chi connectivity index (χ2v) is 9.22. The van der Waals surface area contributed by atoms with Gasteiger partial charge in [-0.1, -0.05) is 11.6 Å². The lowest BCUT2D eigenvalue weighted by atomic mass is 9.95. The van der Waals surface area contributed by atoms with Crippen LogP contribution in [0.4, 0.5) is 5.69 Å². The van der Waals surface area contributed by atoms with E-state index in [1.807, 2.05) is 0 Å². The molecule has 1 aromatic rings. The molecule has 29 heavy (non-hydrogen) atoms. The van der Waals surface area contributed by atoms with Crippen molar-refractivity contribution < 1.29 is 14.3 Å². The van der Waals surface area contributed by atoms with E-state index in [0.717, 1.165) is 38.5 Å². The first kappa shape index (κ1) is 20.8. The van der Waals surface area contributed by atoms with Gasteiger partial charge in [0.1, 0.15) is 5.75 Å². The van der Waals surface area contributed by atoms with Crippen molar-refractivity contribution in [1.82, 2.24) is 10.2 Å². The van der Waals surface area contributed by atoms with Gasteiger partial charge in [-0.3, -0.25) is 4.79 Å². The van der Waals surface area contributed by atoms with E-state index in [-0.39, 0.29) is 18.1 Å². The Morgan fingerprint density at radius 2 is 1.72 bits per heavy atom. The normalized spacial score (nSPS) is 32.2. The summed E-state index contributed by atoms with van der Waals surface area (Å²) in [4.78, 5) is 15.6. The first-order chi connectivity index (χ1) is 13.9. The Bertz CT molecular complexity index is 737. The summed E-state index contributed by atoms with van der Waals surface area (Å²) in [5, 5.41) is 3.62. The van der Waals surface area contributed by atoms with Crippen molar-refractivity contribution in [2.24, 2.45) is 0 Å². The predicted molar refractivity (Wildman–Crippen MR) is 115 cm³/mol. The number of carbonyl (C=O) groups excluding carboxylic acids is 1. The van der Waals surface area contributed by atoms with Crippen molar-refractivity contribution in [1.29, 1.82) is 0 Å². The van der Waals surface area contributed by atoms with Gasteiger partial charge in [0.05, 0.1) is 28.5 Å². The Kier molecular flexibility index (Phi) is 6.23. The monoisotopic (exact) mass is 421 g/mol. The minimum Gasteiger partial charge on any atom is -0.490 e. The fraction of sp³-hybridized carbons (Fsp3) is 0.682. The SMILES string of the molecule is COC1CCC(Oc2cc(N)c(Cl)cc2C(=O)NC2CC3CCC(C2)N3C)CC1. The van der Waals surface area contributed by atoms with Crippen LogP contribution < -0.4 is 15.8 Å². The molecule has 2 unspecified atom stereocenters. The molecule has 1 aromatic carbocycles. The van der Waals surface area contributed by atoms with E-state index in [1.54, 1.807) is 19.2 Å². The summed E-state index contributed by atoms with van der Waals surface area (Å²) in [6.45, 7) is 0. The molecule has 2 bridgehead atoms. The van der Waals surface area contributed by atoms with E-state index < -0.39 is 0 Å². The smallest absolute Gasteiger partial charge is 0.255 e. The van der Waals surface area contributed by atoms with Crippen LogP contribution in [0.2, 0.25) is 5.02 Å². The fourth-order valence-electron chi connectivity index (χ4n) is 5.20. The lowest BCUT2D eigenvalue weighted by molar-refractivity contribution is 0.0324. The topological polar surface area (TPSA) is 76.8 Å². The molecule has 0 aromatic heterocycles. The maximum Gasteiger partial charge on any atom is 0.255 e. The maximum atomic E-state index is 13.1. The third kappa shape index (κ3) is 4.49. The number of methoxy groups -OCH3 is 1. The number of amides is 1. The number of ether oxygens (including phenoxy) is 2. The third-order valence-corrected chi connectivity index (χ3v) is 7.35. The van der Waals surface area contributed by atoms with Crippen LogP contribution in [0.5, 0.6) is 5.75 Å². The van der Waals surface area contributed by atoms with Gasteiger partial charge < -0.3 is 25.4 Å². The van der Waals surface area contributed by atoms with Crippen molar-refractivity contribution >= 4 is 23.2 Å². The van der Waals surface area contributed by atoms with Gasteiger partial charge in [0.15, 0.2) is 0 Å². The van der Waals surface area contributed by atoms with Gasteiger partial charge in [0.2, 0.25) is 0 Å². The van der Waals surface area contributed by atoms with Crippen LogP contribution in [-0.2, 0) is 4.74 Å². The summed E-state index contributed by atoms with van der Waals surface area (Å²) in [5.41, 5.74) is 6.92. The van der Waals surface area contributed by atoms with Crippen LogP contribution in [0.1, 0.15) is 61.7 Å². The Hall–Kier alpha value is -1.50. The van der Waals surface area contributed by atoms with Gasteiger partial charge >= 0.3 is 0 Å². The molecular weight excluding hydrogens is 390 g/mol. The molecule has 1 aliphatic carbocycles. The maximum absolute atomic E-state index is 13.1. The van der Waals surface area contributed by atoms with Crippen LogP contribution in [0, 0.1) is 0 Å². The Labute approximate surface area is 178 Å². The molecule has 7 heteroatoms. The summed E-state index contributed by atoms with van der Waals surface area (Å²) in [5.74, 6) is 0.405. The van der Waals surface area contributed by atoms with Crippen LogP contribution in [0.15, 0.2) is 12.1 Å². The third-order valence-electron chi connectivity index (χ3n) is 7.03. The van der Waals surface area contributed by atoms with Crippen LogP contribution in [-0.4, -0.2) is 55.3 Å². The highest BCUT2D eigenvalue weighted by molar-refractivity contribution is 6.33. The zero-order chi connectivity index (χ0) is 20.5. The number of fused-ring (bicyclic) bond motifs is 2. The second kappa shape index (κ2) is 8.70. The molecule has 2 saturated heterocycles. The second-order valence-electron chi connectivity index (χ2n) is 8.81. The summed E-state index contributed by atoms with van der Waals surface area (Å²) < 4.78 is 11.7. The molecule has 0 spiro atoms. The molecule has 3 N–H and O–H groups in total. The number of nitrogens with zero attached hydrogens (tertiary/aromatic N) is 1. The highest BCUT2D eigenvalue weighted by atomic mass is 35.5. The lowest BCUT2D eigenvalue weighted by Gasteiger charge is -2.36. The van der Waals surface area contributed by atoms with Gasteiger partial charge in [-0.2, -0.15) is 0 Å². The number of anilines is 1. The van der Waals surface area contributed by atoms with Crippen molar-refractivity contribution in [3.05, 3.63) is 22.7 Å². The van der Waals surface area contributed by atoms with Gasteiger partial charge in [0, 0.05) is 31.3 Å². The highest BCUT2D eigenvalue weighted by Gasteiger charge is 2.39. The summed E-state index contributed by atoms with van der Waals surface area (Å²) in [6.07, 6.45) is 8.53. The van der Waals surface area contributed by atoms with Crippen molar-refractivity contribution in [2.75, 3.05) is 19.9 Å². The van der Waals surface area contributed by atoms with Crippen molar-refractivity contribution in [3.8, 4) is 5.75 Å². The van der Waals surface area contributed by atoms with Gasteiger partial charge in [-0.25, -0.2) is 0 Å². The lowest BCUT2D eigenvalue weighted by Crippen LogP contribution is -2.48. The molecule has 2 heterocycles. The molecule has 1 saturated carbocycles. The first-order valence-corrected chi connectivity index (χ1v) is 11.1. The van der Waals surface area contributed by atoms with Crippen molar-refractivity contribution in [2.45, 2.75) is 81.7 Å². The largest absolute Gasteiger partial charge is 0.490 e. The standard InChI is InChI=1S/C22H32ClN3O3/c1-26-14-3-4-15(26)10-13(9-14)25-22(27)18-11-19(23)20(24)12-21(18)29-17-7-5-16(28-2)6-8-17/h11-17H,3-10,24H2,1-2H3,(H,25,27). The van der Waals surface area contributed by atoms with Crippen molar-refractivity contribution in [3.63, 3.8) is 0 Å². The molecule has 1 amide bonds. The number of nitrogens with one attached hydrogen (secondary N) is 1. The number of piperidine rings is 1. The van der Waals surface area contributed by atoms with Gasteiger partial charge in [-0.05, 0) is 64.5 Å². The molecule has 4 rings (SSSR count). The van der Waals surface area contributed by atoms with Crippen LogP contribution in [0.3, 0.4) is 0 Å². The molecule has 3 aliphatic rings. The number of carbonyl (C=O) groups is 1. The number of rotatable bonds is 5. The van der Waals surface area contributed by atoms with E-state index in [0.29, 0.717) is 40.2 Å². The first-order valence-electron chi connectivity index (χ1n) is 10.8. The van der Waals surface area contributed by atoms with E-state index in [4.69, 9.17) is 26.8 Å². The van der Waals surface area contributed by atoms with E-state index in [1.165, 1.54) is 12.8 Å². The Morgan fingerprint density at radius 1 is 1.10 bits per heavy atom. The Balaban J connectivity index is 1.46. The molecule has 3 fully saturated rings. The van der Waals surface area contributed by atoms with E-state index in [2.05, 4.69) is 17.3 Å². The van der Waals surface area contributed by atoms with Crippen LogP contribution >= 0.6 is 11.6 Å². The molecule has 0 radical (unpaired) electrons. The molecule has 160 valence electrons. The number of halogens is 1. The van der Waals surface area contributed by atoms with Gasteiger partial charge in [0.25, 0.3) is 5.91 Å². The quantitative estimate of drug-likeness (QED) is 0.710. The number of nitrogens with two attached hydrogens (primary N) is 1. The Morgan fingerprint density at radius 3 is 2.34 bits per heavy atom. The zero-order valence-electron chi connectivity index (χ0n) is 17.3. The number of benzene rings is 1. The summed E-state index contributed by atoms with van der Waals surface area (Å²) in [7, 11) is 3.95. The van der Waals surface area contributed by atoms with Gasteiger partial charge in [-0.15, -0.1) is 0 Å². The number of hydrogen-bond acceptors (Lipinski definition) is 5. The summed E-state index contributed by atoms with van der Waals surface area (Å²) >= 11 is 6.25. The predicted octanol–water partition coefficient (Wildman–Crippen LogP) is 3.61. The highest BCUT2D eigenvalue weighted by Crippen LogP contribution is 2.36. The fourth-order valence-corrected chi connectivity index (χ4v) is 5.37. The molecule has 2 aliphatic heterocycles. The summed E-state index contributed by atoms with van der Waals surface area (Å²) in [6, 6.07) is 4.67. The molecular formula is C22H32ClN3O3. The zero-order valence-corrected chi connectivity index (χ0v) is 18.1. The number of nitrogen functional groups attached to an aromatic ring is 1. The van der Waals surface area contributed by atoms with E-state index in [9.17, 15) is 4.79 Å². The van der Waals surface area contributed by atoms with Crippen LogP contribution in [0.25, 0.3) is 0 Å². The minimum atomic E-state index is -0.124. The minimum absolute atomic E-state index is 0.0627. The number of hydrogen-bond donors (Lipinski definition) is 2. The average molecular weight is 422 g/mol. The molecule has 2 atom stereocenters. The molecule has 6 nitrogen and oxygen atoms in total. The van der Waals surface area contributed by atoms with E-state index >= 15 is 0 Å². The average Bonchev–Trinajstić information content (AvgIpc) is 2.91.